The van der Waals surface area contributed by atoms with Crippen molar-refractivity contribution in [3.63, 3.8) is 0 Å². The fourth-order valence-corrected chi connectivity index (χ4v) is 49.2. The maximum absolute atomic E-state index is 5.69. The Morgan fingerprint density at radius 1 is 0.207 bits per heavy atom. The third-order valence-electron chi connectivity index (χ3n) is 40.8. The van der Waals surface area contributed by atoms with Crippen molar-refractivity contribution in [2.75, 3.05) is 0 Å². The molecule has 145 heavy (non-hydrogen) atoms. The van der Waals surface area contributed by atoms with E-state index in [9.17, 15) is 0 Å². The largest absolute Gasteiger partial charge is 4.00 e. The minimum Gasteiger partial charge on any atom is -0.647 e. The van der Waals surface area contributed by atoms with E-state index in [1.165, 1.54) is 205 Å². The minimum absolute atomic E-state index is 0. The molecule has 8 aliphatic rings. The normalized spacial score (nSPS) is 28.5. The fraction of sp³-hybridized carbons (Fsp3) is 0.529. The number of nitrogens with zero attached hydrogens (tertiary/aromatic N) is 4. The third-order valence-corrected chi connectivity index (χ3v) is 58.7. The molecule has 9 heteroatoms. The van der Waals surface area contributed by atoms with Crippen molar-refractivity contribution < 1.29 is 21.7 Å². The number of hydrogen-bond acceptors (Lipinski definition) is 0. The fourth-order valence-electron chi connectivity index (χ4n) is 29.9. The first-order valence-electron chi connectivity index (χ1n) is 58.0. The van der Waals surface area contributed by atoms with Gasteiger partial charge in [-0.15, -0.1) is 22.2 Å². The van der Waals surface area contributed by atoms with E-state index in [-0.39, 0.29) is 110 Å². The standard InChI is InChI=1S/4C34H48NSi.Ti/c4*1-6-7-19-28-20-11-10-18-27-33(4,35-29-21-16-17-22-29)32(2,3)34(28,5)36(30-23-12-8-13-24-30)31-25-14-9-15-26-31;/h4*8-9,12-17,21-26,28-29,36H,6-7,10-11,18-20,27H2,1-5H3;/q4*-1;+4. The molecule has 12 atom stereocenters. The van der Waals surface area contributed by atoms with Crippen LogP contribution in [0.5, 0.6) is 0 Å². The summed E-state index contributed by atoms with van der Waals surface area (Å²) in [6.07, 6.45) is 77.3. The Kier molecular flexibility index (Phi) is 43.4. The Morgan fingerprint density at radius 2 is 0.352 bits per heavy atom. The predicted molar refractivity (Wildman–Crippen MR) is 646 cm³/mol. The van der Waals surface area contributed by atoms with Gasteiger partial charge in [-0.05, 0) is 65.5 Å². The van der Waals surface area contributed by atoms with E-state index in [4.69, 9.17) is 21.3 Å². The summed E-state index contributed by atoms with van der Waals surface area (Å²) in [4.78, 5) is 0. The van der Waals surface area contributed by atoms with Gasteiger partial charge in [0.15, 0.2) is 0 Å². The monoisotopic (exact) mass is 2040 g/mol. The van der Waals surface area contributed by atoms with Crippen LogP contribution in [0.3, 0.4) is 0 Å². The van der Waals surface area contributed by atoms with Gasteiger partial charge in [0.25, 0.3) is 0 Å². The van der Waals surface area contributed by atoms with Crippen LogP contribution in [0.15, 0.2) is 340 Å². The molecule has 0 spiro atoms. The van der Waals surface area contributed by atoms with Crippen LogP contribution in [-0.4, -0.2) is 81.5 Å². The van der Waals surface area contributed by atoms with E-state index in [1.54, 1.807) is 41.5 Å². The Labute approximate surface area is 908 Å². The van der Waals surface area contributed by atoms with E-state index in [0.29, 0.717) is 23.7 Å². The second-order valence-electron chi connectivity index (χ2n) is 49.1. The minimum atomic E-state index is -1.67. The molecule has 0 N–H and O–H groups in total. The molecule has 776 valence electrons. The van der Waals surface area contributed by atoms with Gasteiger partial charge in [-0.1, -0.05) is 749 Å². The van der Waals surface area contributed by atoms with Gasteiger partial charge in [0.2, 0.25) is 0 Å². The molecular formula is C136H192N4Si4Ti. The molecule has 0 amide bonds. The van der Waals surface area contributed by atoms with Crippen LogP contribution in [0.1, 0.15) is 344 Å². The van der Waals surface area contributed by atoms with Crippen molar-refractivity contribution in [2.24, 2.45) is 45.3 Å². The predicted octanol–water partition coefficient (Wildman–Crippen LogP) is 32.8. The number of rotatable bonds is 32. The topological polar surface area (TPSA) is 56.4 Å². The zero-order valence-electron chi connectivity index (χ0n) is 94.2. The van der Waals surface area contributed by atoms with E-state index < -0.39 is 35.2 Å². The van der Waals surface area contributed by atoms with Gasteiger partial charge in [0.1, 0.15) is 35.2 Å². The van der Waals surface area contributed by atoms with E-state index >= 15 is 0 Å². The van der Waals surface area contributed by atoms with Crippen LogP contribution in [-0.2, 0) is 21.7 Å². The van der Waals surface area contributed by atoms with Gasteiger partial charge in [0, 0.05) is 0 Å². The molecule has 0 saturated heterocycles. The van der Waals surface area contributed by atoms with E-state index in [2.05, 4.69) is 478 Å². The van der Waals surface area contributed by atoms with Crippen molar-refractivity contribution in [1.29, 1.82) is 0 Å². The molecule has 0 aromatic heterocycles. The van der Waals surface area contributed by atoms with E-state index in [1.807, 2.05) is 0 Å². The molecule has 8 aromatic carbocycles. The van der Waals surface area contributed by atoms with Gasteiger partial charge in [0.05, 0.1) is 0 Å². The van der Waals surface area contributed by atoms with Gasteiger partial charge >= 0.3 is 21.7 Å². The first-order valence-corrected chi connectivity index (χ1v) is 64.9. The van der Waals surface area contributed by atoms with Crippen LogP contribution in [0, 0.1) is 45.3 Å². The van der Waals surface area contributed by atoms with Crippen LogP contribution in [0.4, 0.5) is 0 Å². The first-order chi connectivity index (χ1) is 69.3. The maximum Gasteiger partial charge on any atom is 4.00 e. The Morgan fingerprint density at radius 3 is 0.490 bits per heavy atom. The first kappa shape index (κ1) is 117. The molecule has 4 saturated carbocycles. The quantitative estimate of drug-likeness (QED) is 0.0377. The van der Waals surface area contributed by atoms with Crippen molar-refractivity contribution in [3.8, 4) is 0 Å². The molecule has 0 bridgehead atoms. The molecular weight excluding hydrogens is 1850 g/mol. The van der Waals surface area contributed by atoms with Crippen molar-refractivity contribution >= 4 is 76.7 Å². The second-order valence-corrected chi connectivity index (χ2v) is 62.7. The Hall–Kier alpha value is -6.90. The van der Waals surface area contributed by atoms with Crippen LogP contribution >= 0.6 is 0 Å². The zero-order valence-corrected chi connectivity index (χ0v) is 100. The molecule has 0 aliphatic heterocycles. The summed E-state index contributed by atoms with van der Waals surface area (Å²) in [6, 6.07) is 93.6. The Bertz CT molecular complexity index is 4510. The number of unbranched alkanes of at least 4 members (excludes halogenated alkanes) is 4. The average Bonchev–Trinajstić information content (AvgIpc) is 1.51. The average molecular weight is 2040 g/mol. The van der Waals surface area contributed by atoms with Crippen molar-refractivity contribution in [3.05, 3.63) is 361 Å². The molecule has 16 rings (SSSR count). The molecule has 8 aliphatic carbocycles. The smallest absolute Gasteiger partial charge is 0.647 e. The summed E-state index contributed by atoms with van der Waals surface area (Å²) in [7, 11) is -6.67. The van der Waals surface area contributed by atoms with Crippen LogP contribution in [0.25, 0.3) is 21.3 Å². The molecule has 4 fully saturated rings. The zero-order chi connectivity index (χ0) is 103. The number of benzene rings is 8. The molecule has 0 radical (unpaired) electrons. The Balaban J connectivity index is 0.000000172. The third kappa shape index (κ3) is 26.2. The maximum atomic E-state index is 5.69. The van der Waals surface area contributed by atoms with Crippen LogP contribution < -0.4 is 41.5 Å². The summed E-state index contributed by atoms with van der Waals surface area (Å²) in [6.45, 7) is 51.2. The van der Waals surface area contributed by atoms with E-state index in [0.717, 1.165) is 0 Å². The summed E-state index contributed by atoms with van der Waals surface area (Å²) in [5, 5.41) is 36.1. The SMILES string of the molecule is CCCCC1CCCCCC(C)([N-]C2C=CC=C2)C(C)(C)C1(C)[SiH](c1ccccc1)c1ccccc1.CCCCC1CCCCCC(C)([N-]C2C=CC=C2)C(C)(C)C1(C)[SiH](c1ccccc1)c1ccccc1.CCCCC1CCCCCC(C)([N-]C2C=CC=C2)C(C)(C)C1(C)[SiH](c1ccccc1)c1ccccc1.CCCCC1CCCCCC(C)([N-]C2C=CC=C2)C(C)(C)C1(C)[SiH](c1ccccc1)c1ccccc1.[Ti+4]. The molecule has 8 aromatic rings. The van der Waals surface area contributed by atoms with Crippen molar-refractivity contribution in [1.82, 2.24) is 0 Å². The van der Waals surface area contributed by atoms with Crippen LogP contribution in [0.2, 0.25) is 20.2 Å². The van der Waals surface area contributed by atoms with Gasteiger partial charge in [-0.2, -0.15) is 0 Å². The number of hydrogen-bond donors (Lipinski definition) is 0. The second kappa shape index (κ2) is 53.9. The summed E-state index contributed by atoms with van der Waals surface area (Å²) in [5.74, 6) is 2.80. The molecule has 12 unspecified atom stereocenters. The van der Waals surface area contributed by atoms with Gasteiger partial charge < -0.3 is 21.3 Å². The van der Waals surface area contributed by atoms with Gasteiger partial charge in [-0.3, -0.25) is 0 Å². The molecule has 4 nitrogen and oxygen atoms in total. The number of allylic oxidation sites excluding steroid dienone is 8. The van der Waals surface area contributed by atoms with Crippen molar-refractivity contribution in [2.45, 2.75) is 410 Å². The summed E-state index contributed by atoms with van der Waals surface area (Å²) in [5.41, 5.74) is -0.204. The molecule has 0 heterocycles. The summed E-state index contributed by atoms with van der Waals surface area (Å²) >= 11 is 0. The summed E-state index contributed by atoms with van der Waals surface area (Å²) < 4.78 is 0. The van der Waals surface area contributed by atoms with Gasteiger partial charge in [-0.25, -0.2) is 0 Å².